The third kappa shape index (κ3) is 2.80. The van der Waals surface area contributed by atoms with E-state index in [2.05, 4.69) is 0 Å². The molecule has 0 aliphatic heterocycles. The first kappa shape index (κ1) is 15.2. The molecule has 1 heterocycles. The summed E-state index contributed by atoms with van der Waals surface area (Å²) in [5.41, 5.74) is -2.10. The number of pyridine rings is 1. The fourth-order valence-electron chi connectivity index (χ4n) is 1.61. The van der Waals surface area contributed by atoms with Crippen LogP contribution in [0.1, 0.15) is 5.69 Å². The van der Waals surface area contributed by atoms with Gasteiger partial charge in [0.05, 0.1) is 20.6 Å². The zero-order valence-electron chi connectivity index (χ0n) is 9.49. The van der Waals surface area contributed by atoms with Crippen LogP contribution in [-0.4, -0.2) is 4.98 Å². The van der Waals surface area contributed by atoms with E-state index in [0.29, 0.717) is 0 Å². The largest absolute Gasteiger partial charge is 0.431 e. The van der Waals surface area contributed by atoms with Gasteiger partial charge in [-0.25, -0.2) is 0 Å². The van der Waals surface area contributed by atoms with Crippen LogP contribution in [-0.2, 0) is 6.18 Å². The number of H-pyrrole nitrogens is 1. The van der Waals surface area contributed by atoms with Crippen LogP contribution in [0.5, 0.6) is 0 Å². The van der Waals surface area contributed by atoms with Crippen molar-refractivity contribution in [1.29, 1.82) is 0 Å². The second-order valence-electron chi connectivity index (χ2n) is 3.83. The molecule has 2 aromatic rings. The van der Waals surface area contributed by atoms with Crippen molar-refractivity contribution >= 4 is 34.8 Å². The highest BCUT2D eigenvalue weighted by atomic mass is 35.5. The van der Waals surface area contributed by atoms with E-state index in [1.54, 1.807) is 4.98 Å². The van der Waals surface area contributed by atoms with Crippen LogP contribution in [0.15, 0.2) is 29.1 Å². The van der Waals surface area contributed by atoms with Crippen LogP contribution >= 0.6 is 34.8 Å². The van der Waals surface area contributed by atoms with Gasteiger partial charge in [0.2, 0.25) is 0 Å². The van der Waals surface area contributed by atoms with Crippen LogP contribution in [0.3, 0.4) is 0 Å². The van der Waals surface area contributed by atoms with Crippen LogP contribution in [0, 0.1) is 0 Å². The maximum atomic E-state index is 12.5. The lowest BCUT2D eigenvalue weighted by molar-refractivity contribution is -0.141. The third-order valence-electron chi connectivity index (χ3n) is 2.53. The highest BCUT2D eigenvalue weighted by molar-refractivity contribution is 6.46. The maximum absolute atomic E-state index is 12.5. The van der Waals surface area contributed by atoms with Crippen molar-refractivity contribution in [2.24, 2.45) is 0 Å². The van der Waals surface area contributed by atoms with Crippen molar-refractivity contribution in [1.82, 2.24) is 4.98 Å². The molecule has 2 rings (SSSR count). The lowest BCUT2D eigenvalue weighted by Crippen LogP contribution is -2.17. The summed E-state index contributed by atoms with van der Waals surface area (Å²) >= 11 is 17.7. The van der Waals surface area contributed by atoms with Gasteiger partial charge in [0.25, 0.3) is 5.56 Å². The molecule has 0 spiro atoms. The molecule has 0 saturated heterocycles. The first-order valence-electron chi connectivity index (χ1n) is 5.16. The molecular formula is C12H5Cl3F3NO. The molecule has 0 saturated carbocycles. The standard InChI is InChI=1S/C12H5Cl3F3NO/c13-6-2-3-7(14)10(15)9(6)5-1-4-8(12(16,17)18)19-11(5)20/h1-4H,(H,19,20). The Balaban J connectivity index is 2.67. The van der Waals surface area contributed by atoms with Crippen LogP contribution in [0.2, 0.25) is 15.1 Å². The summed E-state index contributed by atoms with van der Waals surface area (Å²) in [4.78, 5) is 13.5. The number of aromatic amines is 1. The first-order chi connectivity index (χ1) is 9.21. The number of benzene rings is 1. The predicted molar refractivity (Wildman–Crippen MR) is 72.5 cm³/mol. The van der Waals surface area contributed by atoms with Crippen molar-refractivity contribution in [3.8, 4) is 11.1 Å². The van der Waals surface area contributed by atoms with Crippen molar-refractivity contribution < 1.29 is 13.2 Å². The highest BCUT2D eigenvalue weighted by Crippen LogP contribution is 2.38. The lowest BCUT2D eigenvalue weighted by Gasteiger charge is -2.10. The minimum Gasteiger partial charge on any atom is -0.318 e. The quantitative estimate of drug-likeness (QED) is 0.725. The molecule has 0 radical (unpaired) electrons. The molecule has 0 aliphatic carbocycles. The molecule has 1 aromatic heterocycles. The molecule has 8 heteroatoms. The molecule has 0 aliphatic rings. The average molecular weight is 343 g/mol. The van der Waals surface area contributed by atoms with Gasteiger partial charge in [0, 0.05) is 5.56 Å². The first-order valence-corrected chi connectivity index (χ1v) is 6.29. The molecule has 106 valence electrons. The van der Waals surface area contributed by atoms with Gasteiger partial charge in [-0.2, -0.15) is 13.2 Å². The minimum absolute atomic E-state index is 0.00410. The normalized spacial score (nSPS) is 11.7. The Kier molecular flexibility index (Phi) is 4.04. The monoisotopic (exact) mass is 341 g/mol. The number of hydrogen-bond donors (Lipinski definition) is 1. The molecule has 0 bridgehead atoms. The van der Waals surface area contributed by atoms with E-state index in [0.717, 1.165) is 12.1 Å². The van der Waals surface area contributed by atoms with Gasteiger partial charge in [-0.1, -0.05) is 34.8 Å². The van der Waals surface area contributed by atoms with Crippen LogP contribution < -0.4 is 5.56 Å². The molecule has 0 atom stereocenters. The molecule has 0 fully saturated rings. The topological polar surface area (TPSA) is 32.9 Å². The lowest BCUT2D eigenvalue weighted by atomic mass is 10.1. The van der Waals surface area contributed by atoms with E-state index in [1.165, 1.54) is 12.1 Å². The van der Waals surface area contributed by atoms with E-state index < -0.39 is 17.4 Å². The average Bonchev–Trinajstić information content (AvgIpc) is 2.35. The molecule has 0 unspecified atom stereocenters. The zero-order chi connectivity index (χ0) is 15.1. The highest BCUT2D eigenvalue weighted by Gasteiger charge is 2.32. The number of rotatable bonds is 1. The van der Waals surface area contributed by atoms with E-state index in [-0.39, 0.29) is 26.2 Å². The van der Waals surface area contributed by atoms with Gasteiger partial charge >= 0.3 is 6.18 Å². The number of alkyl halides is 3. The summed E-state index contributed by atoms with van der Waals surface area (Å²) in [6, 6.07) is 4.57. The smallest absolute Gasteiger partial charge is 0.318 e. The summed E-state index contributed by atoms with van der Waals surface area (Å²) in [6.07, 6.45) is -4.64. The van der Waals surface area contributed by atoms with Gasteiger partial charge in [-0.05, 0) is 24.3 Å². The Labute approximate surface area is 126 Å². The SMILES string of the molecule is O=c1[nH]c(C(F)(F)F)ccc1-c1c(Cl)ccc(Cl)c1Cl. The molecule has 1 aromatic carbocycles. The number of halogens is 6. The van der Waals surface area contributed by atoms with E-state index in [1.807, 2.05) is 0 Å². The Morgan fingerprint density at radius 1 is 0.950 bits per heavy atom. The summed E-state index contributed by atoms with van der Waals surface area (Å²) in [5.74, 6) is 0. The van der Waals surface area contributed by atoms with E-state index in [9.17, 15) is 18.0 Å². The summed E-state index contributed by atoms with van der Waals surface area (Å²) in [7, 11) is 0. The maximum Gasteiger partial charge on any atom is 0.431 e. The fraction of sp³-hybridized carbons (Fsp3) is 0.0833. The van der Waals surface area contributed by atoms with Gasteiger partial charge in [-0.15, -0.1) is 0 Å². The third-order valence-corrected chi connectivity index (χ3v) is 3.65. The van der Waals surface area contributed by atoms with Crippen LogP contribution in [0.25, 0.3) is 11.1 Å². The molecule has 20 heavy (non-hydrogen) atoms. The summed E-state index contributed by atoms with van der Waals surface area (Å²) < 4.78 is 37.4. The van der Waals surface area contributed by atoms with E-state index in [4.69, 9.17) is 34.8 Å². The Hall–Kier alpha value is -1.17. The minimum atomic E-state index is -4.64. The number of aromatic nitrogens is 1. The van der Waals surface area contributed by atoms with Gasteiger partial charge < -0.3 is 4.98 Å². The van der Waals surface area contributed by atoms with Crippen LogP contribution in [0.4, 0.5) is 13.2 Å². The Bertz CT molecular complexity index is 725. The van der Waals surface area contributed by atoms with Gasteiger partial charge in [0.1, 0.15) is 5.69 Å². The number of hydrogen-bond acceptors (Lipinski definition) is 1. The Morgan fingerprint density at radius 2 is 1.55 bits per heavy atom. The fourth-order valence-corrected chi connectivity index (χ4v) is 2.34. The van der Waals surface area contributed by atoms with Gasteiger partial charge in [-0.3, -0.25) is 4.79 Å². The Morgan fingerprint density at radius 3 is 2.10 bits per heavy atom. The number of nitrogens with one attached hydrogen (secondary N) is 1. The van der Waals surface area contributed by atoms with Crippen molar-refractivity contribution in [3.63, 3.8) is 0 Å². The molecule has 1 N–H and O–H groups in total. The van der Waals surface area contributed by atoms with Gasteiger partial charge in [0.15, 0.2) is 0 Å². The second kappa shape index (κ2) is 5.31. The second-order valence-corrected chi connectivity index (χ2v) is 5.02. The summed E-state index contributed by atoms with van der Waals surface area (Å²) in [6.45, 7) is 0. The predicted octanol–water partition coefficient (Wildman–Crippen LogP) is 5.02. The van der Waals surface area contributed by atoms with Crippen molar-refractivity contribution in [3.05, 3.63) is 55.4 Å². The molecular weight excluding hydrogens is 337 g/mol. The zero-order valence-corrected chi connectivity index (χ0v) is 11.8. The summed E-state index contributed by atoms with van der Waals surface area (Å²) in [5, 5.41) is 0.263. The van der Waals surface area contributed by atoms with Crippen molar-refractivity contribution in [2.45, 2.75) is 6.18 Å². The molecule has 0 amide bonds. The molecule has 2 nitrogen and oxygen atoms in total. The van der Waals surface area contributed by atoms with Crippen molar-refractivity contribution in [2.75, 3.05) is 0 Å². The van der Waals surface area contributed by atoms with E-state index >= 15 is 0 Å².